The molecule has 0 aromatic rings. The van der Waals surface area contributed by atoms with Gasteiger partial charge in [-0.3, -0.25) is 4.79 Å². The van der Waals surface area contributed by atoms with Gasteiger partial charge < -0.3 is 9.84 Å². The van der Waals surface area contributed by atoms with E-state index in [0.29, 0.717) is 12.5 Å². The molecule has 1 aliphatic heterocycles. The van der Waals surface area contributed by atoms with E-state index in [1.165, 1.54) is 0 Å². The molecule has 0 aromatic heterocycles. The molecule has 1 rings (SSSR count). The third kappa shape index (κ3) is 4.76. The molecule has 0 aliphatic carbocycles. The number of aliphatic hydroxyl groups excluding tert-OH is 1. The predicted molar refractivity (Wildman–Crippen MR) is 67.9 cm³/mol. The lowest BCUT2D eigenvalue weighted by Gasteiger charge is -2.19. The highest BCUT2D eigenvalue weighted by molar-refractivity contribution is 5.83. The van der Waals surface area contributed by atoms with Gasteiger partial charge in [0.25, 0.3) is 0 Å². The minimum absolute atomic E-state index is 0.0108. The van der Waals surface area contributed by atoms with Crippen molar-refractivity contribution in [3.05, 3.63) is 0 Å². The predicted octanol–water partition coefficient (Wildman–Crippen LogP) is 2.70. The molecule has 2 atom stereocenters. The van der Waals surface area contributed by atoms with Crippen molar-refractivity contribution in [2.24, 2.45) is 5.92 Å². The second-order valence-electron chi connectivity index (χ2n) is 5.01. The molecule has 100 valence electrons. The van der Waals surface area contributed by atoms with E-state index in [1.54, 1.807) is 0 Å². The Morgan fingerprint density at radius 3 is 2.65 bits per heavy atom. The van der Waals surface area contributed by atoms with Crippen LogP contribution in [0.25, 0.3) is 0 Å². The van der Waals surface area contributed by atoms with E-state index in [0.717, 1.165) is 45.1 Å². The van der Waals surface area contributed by atoms with Crippen LogP contribution in [0.15, 0.2) is 0 Å². The average Bonchev–Trinajstić information content (AvgIpc) is 2.83. The molecule has 0 bridgehead atoms. The van der Waals surface area contributed by atoms with Crippen LogP contribution in [-0.4, -0.2) is 29.7 Å². The zero-order valence-electron chi connectivity index (χ0n) is 11.2. The van der Waals surface area contributed by atoms with Gasteiger partial charge in [-0.05, 0) is 31.6 Å². The molecule has 1 N–H and O–H groups in total. The van der Waals surface area contributed by atoms with Crippen LogP contribution in [0.1, 0.15) is 58.8 Å². The molecule has 3 heteroatoms. The largest absolute Gasteiger partial charge is 0.385 e. The normalized spacial score (nSPS) is 22.0. The molecule has 2 unspecified atom stereocenters. The van der Waals surface area contributed by atoms with Crippen LogP contribution in [-0.2, 0) is 9.53 Å². The third-order valence-corrected chi connectivity index (χ3v) is 3.80. The molecule has 1 heterocycles. The summed E-state index contributed by atoms with van der Waals surface area (Å²) in [6.45, 7) is 4.92. The maximum Gasteiger partial charge on any atom is 0.161 e. The summed E-state index contributed by atoms with van der Waals surface area (Å²) < 4.78 is 5.51. The van der Waals surface area contributed by atoms with Crippen molar-refractivity contribution in [1.29, 1.82) is 0 Å². The summed E-state index contributed by atoms with van der Waals surface area (Å²) in [5, 5.41) is 9.89. The molecule has 1 aliphatic rings. The van der Waals surface area contributed by atoms with Crippen LogP contribution in [0, 0.1) is 5.92 Å². The van der Waals surface area contributed by atoms with Crippen molar-refractivity contribution in [2.75, 3.05) is 6.61 Å². The summed E-state index contributed by atoms with van der Waals surface area (Å²) >= 11 is 0. The van der Waals surface area contributed by atoms with Crippen LogP contribution in [0.2, 0.25) is 0 Å². The number of hydrogen-bond acceptors (Lipinski definition) is 3. The quantitative estimate of drug-likeness (QED) is 0.712. The third-order valence-electron chi connectivity index (χ3n) is 3.80. The fourth-order valence-corrected chi connectivity index (χ4v) is 2.52. The fourth-order valence-electron chi connectivity index (χ4n) is 2.52. The van der Waals surface area contributed by atoms with Crippen molar-refractivity contribution in [3.8, 4) is 0 Å². The number of carbonyl (C=O) groups excluding carboxylic acids is 1. The lowest BCUT2D eigenvalue weighted by Crippen LogP contribution is -2.28. The molecule has 0 aromatic carbocycles. The van der Waals surface area contributed by atoms with Gasteiger partial charge in [-0.15, -0.1) is 0 Å². The van der Waals surface area contributed by atoms with Gasteiger partial charge >= 0.3 is 0 Å². The number of Topliss-reactive ketones (excluding diaryl/α,β-unsaturated/α-hetero) is 1. The van der Waals surface area contributed by atoms with E-state index in [-0.39, 0.29) is 11.7 Å². The minimum Gasteiger partial charge on any atom is -0.385 e. The van der Waals surface area contributed by atoms with Crippen LogP contribution < -0.4 is 0 Å². The smallest absolute Gasteiger partial charge is 0.161 e. The van der Waals surface area contributed by atoms with Crippen LogP contribution in [0.5, 0.6) is 0 Å². The molecule has 17 heavy (non-hydrogen) atoms. The Morgan fingerprint density at radius 1 is 1.41 bits per heavy atom. The van der Waals surface area contributed by atoms with Crippen molar-refractivity contribution < 1.29 is 14.6 Å². The highest BCUT2D eigenvalue weighted by atomic mass is 16.5. The van der Waals surface area contributed by atoms with E-state index < -0.39 is 6.10 Å². The SMILES string of the molecule is CCC(CC)C(O)C(=O)CCCC1CCCO1. The molecule has 0 spiro atoms. The first kappa shape index (κ1) is 14.7. The maximum absolute atomic E-state index is 11.8. The van der Waals surface area contributed by atoms with E-state index in [4.69, 9.17) is 4.74 Å². The highest BCUT2D eigenvalue weighted by Crippen LogP contribution is 2.20. The van der Waals surface area contributed by atoms with Gasteiger partial charge in [0.2, 0.25) is 0 Å². The van der Waals surface area contributed by atoms with Crippen molar-refractivity contribution in [3.63, 3.8) is 0 Å². The standard InChI is InChI=1S/C14H26O3/c1-3-11(4-2)14(16)13(15)9-5-7-12-8-6-10-17-12/h11-12,14,16H,3-10H2,1-2H3. The van der Waals surface area contributed by atoms with Gasteiger partial charge in [0.1, 0.15) is 6.10 Å². The first-order chi connectivity index (χ1) is 8.19. The second kappa shape index (κ2) is 7.83. The van der Waals surface area contributed by atoms with Gasteiger partial charge in [0, 0.05) is 13.0 Å². The highest BCUT2D eigenvalue weighted by Gasteiger charge is 2.23. The van der Waals surface area contributed by atoms with Crippen molar-refractivity contribution >= 4 is 5.78 Å². The summed E-state index contributed by atoms with van der Waals surface area (Å²) in [6, 6.07) is 0. The molecule has 0 radical (unpaired) electrons. The Balaban J connectivity index is 2.18. The molecule has 3 nitrogen and oxygen atoms in total. The van der Waals surface area contributed by atoms with Gasteiger partial charge in [-0.2, -0.15) is 0 Å². The Morgan fingerprint density at radius 2 is 2.12 bits per heavy atom. The first-order valence-electron chi connectivity index (χ1n) is 7.01. The number of carbonyl (C=O) groups is 1. The summed E-state index contributed by atoms with van der Waals surface area (Å²) in [5.74, 6) is 0.141. The zero-order chi connectivity index (χ0) is 12.7. The molecular formula is C14H26O3. The van der Waals surface area contributed by atoms with Gasteiger partial charge in [0.15, 0.2) is 5.78 Å². The van der Waals surface area contributed by atoms with Gasteiger partial charge in [0.05, 0.1) is 6.10 Å². The lowest BCUT2D eigenvalue weighted by atomic mass is 9.91. The van der Waals surface area contributed by atoms with Gasteiger partial charge in [-0.1, -0.05) is 26.7 Å². The number of hydrogen-bond donors (Lipinski definition) is 1. The van der Waals surface area contributed by atoms with Crippen LogP contribution in [0.4, 0.5) is 0 Å². The maximum atomic E-state index is 11.8. The molecular weight excluding hydrogens is 216 g/mol. The van der Waals surface area contributed by atoms with E-state index >= 15 is 0 Å². The Labute approximate surface area is 105 Å². The first-order valence-corrected chi connectivity index (χ1v) is 7.01. The molecule has 1 saturated heterocycles. The number of ketones is 1. The minimum atomic E-state index is -0.755. The zero-order valence-corrected chi connectivity index (χ0v) is 11.2. The number of rotatable bonds is 8. The molecule has 1 fully saturated rings. The summed E-state index contributed by atoms with van der Waals surface area (Å²) in [4.78, 5) is 11.8. The van der Waals surface area contributed by atoms with E-state index in [1.807, 2.05) is 13.8 Å². The molecule has 0 amide bonds. The lowest BCUT2D eigenvalue weighted by molar-refractivity contribution is -0.130. The summed E-state index contributed by atoms with van der Waals surface area (Å²) in [5.41, 5.74) is 0. The average molecular weight is 242 g/mol. The van der Waals surface area contributed by atoms with E-state index in [9.17, 15) is 9.90 Å². The second-order valence-corrected chi connectivity index (χ2v) is 5.01. The van der Waals surface area contributed by atoms with Crippen LogP contribution >= 0.6 is 0 Å². The number of aliphatic hydroxyl groups is 1. The Kier molecular flexibility index (Phi) is 6.75. The topological polar surface area (TPSA) is 46.5 Å². The monoisotopic (exact) mass is 242 g/mol. The summed E-state index contributed by atoms with van der Waals surface area (Å²) in [7, 11) is 0. The van der Waals surface area contributed by atoms with Crippen molar-refractivity contribution in [2.45, 2.75) is 71.0 Å². The van der Waals surface area contributed by atoms with Crippen molar-refractivity contribution in [1.82, 2.24) is 0 Å². The Bertz CT molecular complexity index is 218. The summed E-state index contributed by atoms with van der Waals surface area (Å²) in [6.07, 6.45) is 5.92. The van der Waals surface area contributed by atoms with E-state index in [2.05, 4.69) is 0 Å². The van der Waals surface area contributed by atoms with Crippen LogP contribution in [0.3, 0.4) is 0 Å². The van der Waals surface area contributed by atoms with Gasteiger partial charge in [-0.25, -0.2) is 0 Å². The molecule has 0 saturated carbocycles. The fraction of sp³-hybridized carbons (Fsp3) is 0.929. The number of ether oxygens (including phenoxy) is 1. The Hall–Kier alpha value is -0.410.